The third kappa shape index (κ3) is 4.65. The summed E-state index contributed by atoms with van der Waals surface area (Å²) in [5.41, 5.74) is 1.54. The van der Waals surface area contributed by atoms with Gasteiger partial charge in [0.25, 0.3) is 5.91 Å². The zero-order chi connectivity index (χ0) is 25.3. The number of anilines is 2. The van der Waals surface area contributed by atoms with Crippen molar-refractivity contribution >= 4 is 28.8 Å². The van der Waals surface area contributed by atoms with Crippen molar-refractivity contribution in [3.63, 3.8) is 0 Å². The molecule has 0 aliphatic carbocycles. The molecule has 0 atom stereocenters. The number of hydrogen-bond acceptors (Lipinski definition) is 6. The number of nitrogens with one attached hydrogen (secondary N) is 2. The lowest BCUT2D eigenvalue weighted by Crippen LogP contribution is -2.43. The smallest absolute Gasteiger partial charge is 0.354 e. The normalized spacial score (nSPS) is 15.2. The van der Waals surface area contributed by atoms with Gasteiger partial charge in [0.1, 0.15) is 5.82 Å². The number of nitriles is 1. The quantitative estimate of drug-likeness (QED) is 0.569. The largest absolute Gasteiger partial charge is 0.417 e. The summed E-state index contributed by atoms with van der Waals surface area (Å²) in [6, 6.07) is 13.7. The number of para-hydroxylation sites is 1. The van der Waals surface area contributed by atoms with Crippen molar-refractivity contribution in [2.24, 2.45) is 4.99 Å². The highest BCUT2D eigenvalue weighted by Crippen LogP contribution is 2.35. The molecule has 2 aliphatic heterocycles. The van der Waals surface area contributed by atoms with Crippen molar-refractivity contribution in [2.45, 2.75) is 12.6 Å². The molecule has 3 aromatic rings. The Bertz CT molecular complexity index is 1390. The molecule has 5 rings (SSSR count). The van der Waals surface area contributed by atoms with Gasteiger partial charge in [0.15, 0.2) is 0 Å². The number of rotatable bonds is 4. The molecule has 182 valence electrons. The van der Waals surface area contributed by atoms with Gasteiger partial charge in [-0.15, -0.1) is 0 Å². The summed E-state index contributed by atoms with van der Waals surface area (Å²) in [4.78, 5) is 24.5. The van der Waals surface area contributed by atoms with Gasteiger partial charge in [-0.3, -0.25) is 9.79 Å². The van der Waals surface area contributed by atoms with E-state index in [0.29, 0.717) is 12.1 Å². The number of pyridine rings is 1. The Kier molecular flexibility index (Phi) is 6.16. The molecule has 0 saturated carbocycles. The third-order valence-corrected chi connectivity index (χ3v) is 6.19. The van der Waals surface area contributed by atoms with Crippen molar-refractivity contribution in [1.82, 2.24) is 10.3 Å². The second kappa shape index (κ2) is 9.43. The number of nitrogens with zero attached hydrogens (tertiary/aromatic N) is 4. The number of aliphatic imine (C=N–C) groups is 1. The van der Waals surface area contributed by atoms with E-state index in [2.05, 4.69) is 25.5 Å². The van der Waals surface area contributed by atoms with Crippen LogP contribution in [0, 0.1) is 11.3 Å². The molecular formula is C26H21F3N6O. The van der Waals surface area contributed by atoms with Crippen LogP contribution in [0.2, 0.25) is 0 Å². The number of aromatic nitrogens is 1. The predicted octanol–water partition coefficient (Wildman–Crippen LogP) is 4.31. The van der Waals surface area contributed by atoms with E-state index in [-0.39, 0.29) is 11.3 Å². The van der Waals surface area contributed by atoms with E-state index in [1.807, 2.05) is 18.2 Å². The van der Waals surface area contributed by atoms with Crippen LogP contribution in [0.1, 0.15) is 32.6 Å². The Labute approximate surface area is 205 Å². The van der Waals surface area contributed by atoms with Crippen molar-refractivity contribution in [1.29, 1.82) is 5.26 Å². The van der Waals surface area contributed by atoms with Crippen LogP contribution in [0.5, 0.6) is 0 Å². The van der Waals surface area contributed by atoms with Gasteiger partial charge in [-0.1, -0.05) is 12.1 Å². The second-order valence-electron chi connectivity index (χ2n) is 8.51. The fraction of sp³-hybridized carbons (Fsp3) is 0.231. The summed E-state index contributed by atoms with van der Waals surface area (Å²) < 4.78 is 39.9. The number of amides is 1. The molecule has 2 aromatic carbocycles. The fourth-order valence-corrected chi connectivity index (χ4v) is 4.36. The van der Waals surface area contributed by atoms with E-state index in [0.717, 1.165) is 61.0 Å². The third-order valence-electron chi connectivity index (χ3n) is 6.19. The molecule has 10 heteroatoms. The first-order valence-electron chi connectivity index (χ1n) is 11.4. The van der Waals surface area contributed by atoms with E-state index in [1.54, 1.807) is 18.3 Å². The van der Waals surface area contributed by atoms with Crippen molar-refractivity contribution in [2.75, 3.05) is 36.4 Å². The highest BCUT2D eigenvalue weighted by atomic mass is 19.4. The Balaban J connectivity index is 1.38. The van der Waals surface area contributed by atoms with Crippen LogP contribution in [0.4, 0.5) is 30.4 Å². The van der Waals surface area contributed by atoms with Crippen LogP contribution in [0.25, 0.3) is 0 Å². The summed E-state index contributed by atoms with van der Waals surface area (Å²) in [6.07, 6.45) is -2.43. The molecule has 1 amide bonds. The standard InChI is InChI=1S/C26H21F3N6O/c27-26(28,29)21-13-19(6-4-17(21)14-30)33-25(36)20-3-1-2-16-12-22(34-24(16)20)18-5-7-23(32-15-18)35-10-8-31-9-11-35/h1-7,13,15,31H,8-12H2,(H,33,36). The fourth-order valence-electron chi connectivity index (χ4n) is 4.36. The SMILES string of the molecule is N#Cc1ccc(NC(=O)c2cccc3c2N=C(c2ccc(N4CCNCC4)nc2)C3)cc1C(F)(F)F. The average molecular weight is 490 g/mol. The van der Waals surface area contributed by atoms with E-state index in [9.17, 15) is 18.0 Å². The Morgan fingerprint density at radius 1 is 1.11 bits per heavy atom. The monoisotopic (exact) mass is 490 g/mol. The number of carbonyl (C=O) groups excluding carboxylic acids is 1. The number of alkyl halides is 3. The first kappa shape index (κ1) is 23.5. The van der Waals surface area contributed by atoms with Crippen molar-refractivity contribution in [3.8, 4) is 6.07 Å². The van der Waals surface area contributed by atoms with Gasteiger partial charge in [-0.25, -0.2) is 4.98 Å². The van der Waals surface area contributed by atoms with Gasteiger partial charge in [0.05, 0.1) is 34.2 Å². The molecule has 2 aliphatic rings. The van der Waals surface area contributed by atoms with Crippen molar-refractivity contribution < 1.29 is 18.0 Å². The van der Waals surface area contributed by atoms with Gasteiger partial charge in [0, 0.05) is 50.0 Å². The van der Waals surface area contributed by atoms with Crippen LogP contribution in [0.3, 0.4) is 0 Å². The van der Waals surface area contributed by atoms with Crippen LogP contribution in [0.15, 0.2) is 59.7 Å². The van der Waals surface area contributed by atoms with Gasteiger partial charge in [0.2, 0.25) is 0 Å². The molecule has 1 saturated heterocycles. The zero-order valence-corrected chi connectivity index (χ0v) is 19.1. The molecule has 0 radical (unpaired) electrons. The Hall–Kier alpha value is -4.23. The molecule has 0 unspecified atom stereocenters. The second-order valence-corrected chi connectivity index (χ2v) is 8.51. The predicted molar refractivity (Wildman–Crippen MR) is 130 cm³/mol. The molecule has 7 nitrogen and oxygen atoms in total. The van der Waals surface area contributed by atoms with Crippen LogP contribution in [-0.2, 0) is 12.6 Å². The lowest BCUT2D eigenvalue weighted by atomic mass is 10.0. The number of benzene rings is 2. The molecular weight excluding hydrogens is 469 g/mol. The number of hydrogen-bond donors (Lipinski definition) is 2. The average Bonchev–Trinajstić information content (AvgIpc) is 3.33. The summed E-state index contributed by atoms with van der Waals surface area (Å²) in [7, 11) is 0. The van der Waals surface area contributed by atoms with Crippen molar-refractivity contribution in [3.05, 3.63) is 82.5 Å². The molecule has 2 N–H and O–H groups in total. The van der Waals surface area contributed by atoms with Crippen LogP contribution >= 0.6 is 0 Å². The minimum absolute atomic E-state index is 0.0566. The summed E-state index contributed by atoms with van der Waals surface area (Å²) in [5, 5.41) is 14.8. The van der Waals surface area contributed by atoms with Crippen LogP contribution < -0.4 is 15.5 Å². The maximum Gasteiger partial charge on any atom is 0.417 e. The molecule has 0 spiro atoms. The zero-order valence-electron chi connectivity index (χ0n) is 19.1. The molecule has 36 heavy (non-hydrogen) atoms. The topological polar surface area (TPSA) is 93.4 Å². The molecule has 1 aromatic heterocycles. The van der Waals surface area contributed by atoms with Gasteiger partial charge < -0.3 is 15.5 Å². The Morgan fingerprint density at radius 3 is 2.61 bits per heavy atom. The molecule has 0 bridgehead atoms. The highest BCUT2D eigenvalue weighted by molar-refractivity contribution is 6.13. The number of halogens is 3. The van der Waals surface area contributed by atoms with Gasteiger partial charge >= 0.3 is 6.18 Å². The number of fused-ring (bicyclic) bond motifs is 1. The van der Waals surface area contributed by atoms with E-state index < -0.39 is 23.2 Å². The van der Waals surface area contributed by atoms with E-state index in [1.165, 1.54) is 12.1 Å². The van der Waals surface area contributed by atoms with E-state index in [4.69, 9.17) is 5.26 Å². The lowest BCUT2D eigenvalue weighted by molar-refractivity contribution is -0.137. The minimum Gasteiger partial charge on any atom is -0.354 e. The number of piperazine rings is 1. The molecule has 3 heterocycles. The summed E-state index contributed by atoms with van der Waals surface area (Å²) in [5.74, 6) is 0.318. The Morgan fingerprint density at radius 2 is 1.92 bits per heavy atom. The first-order valence-corrected chi connectivity index (χ1v) is 11.4. The van der Waals surface area contributed by atoms with Crippen LogP contribution in [-0.4, -0.2) is 42.8 Å². The minimum atomic E-state index is -4.71. The summed E-state index contributed by atoms with van der Waals surface area (Å²) in [6.45, 7) is 3.61. The highest BCUT2D eigenvalue weighted by Gasteiger charge is 2.34. The maximum atomic E-state index is 13.3. The lowest BCUT2D eigenvalue weighted by Gasteiger charge is -2.28. The van der Waals surface area contributed by atoms with E-state index >= 15 is 0 Å². The van der Waals surface area contributed by atoms with Gasteiger partial charge in [-0.2, -0.15) is 18.4 Å². The first-order chi connectivity index (χ1) is 17.3. The van der Waals surface area contributed by atoms with Gasteiger partial charge in [-0.05, 0) is 42.0 Å². The maximum absolute atomic E-state index is 13.3. The summed E-state index contributed by atoms with van der Waals surface area (Å²) >= 11 is 0. The number of carbonyl (C=O) groups is 1. The molecule has 1 fully saturated rings.